The zero-order valence-corrected chi connectivity index (χ0v) is 36.0. The fourth-order valence-corrected chi connectivity index (χ4v) is 9.91. The Hall–Kier alpha value is -5.74. The Kier molecular flexibility index (Phi) is 13.0. The number of hydrogen-bond acceptors (Lipinski definition) is 12. The van der Waals surface area contributed by atoms with E-state index in [0.717, 1.165) is 80.4 Å². The highest BCUT2D eigenvalue weighted by Gasteiger charge is 2.26. The van der Waals surface area contributed by atoms with Gasteiger partial charge in [-0.15, -0.1) is 11.8 Å². The molecule has 1 atom stereocenters. The number of anilines is 3. The van der Waals surface area contributed by atoms with E-state index in [4.69, 9.17) is 11.6 Å². The molecule has 5 aromatic carbocycles. The first-order valence-corrected chi connectivity index (χ1v) is 23.0. The number of amidine groups is 1. The van der Waals surface area contributed by atoms with Crippen molar-refractivity contribution in [2.45, 2.75) is 35.7 Å². The minimum Gasteiger partial charge on any atom is -0.376 e. The average Bonchev–Trinajstić information content (AvgIpc) is 3.69. The van der Waals surface area contributed by atoms with Crippen LogP contribution in [0, 0.1) is 10.1 Å². The molecule has 1 aromatic heterocycles. The molecule has 16 heteroatoms. The van der Waals surface area contributed by atoms with Gasteiger partial charge in [-0.05, 0) is 84.6 Å². The number of halogens is 1. The largest absolute Gasteiger partial charge is 0.376 e. The number of fused-ring (bicyclic) bond motifs is 1. The number of sulfonamides is 1. The Balaban J connectivity index is 0.938. The summed E-state index contributed by atoms with van der Waals surface area (Å²) in [5.74, 6) is 1.72. The normalized spacial score (nSPS) is 15.1. The summed E-state index contributed by atoms with van der Waals surface area (Å²) in [6.07, 6.45) is 2.02. The Labute approximate surface area is 365 Å². The van der Waals surface area contributed by atoms with Gasteiger partial charge in [-0.3, -0.25) is 24.7 Å². The van der Waals surface area contributed by atoms with Gasteiger partial charge in [0, 0.05) is 84.7 Å². The van der Waals surface area contributed by atoms with Gasteiger partial charge in [0.2, 0.25) is 0 Å². The van der Waals surface area contributed by atoms with E-state index < -0.39 is 14.9 Å². The standard InChI is InChI=1S/C45H46ClN9O4S2/c1-32-47-20-22-53(32)21-19-36(30-60-38-8-3-2-4-9-38)50-42-18-16-39(28-44(42)55(56)57)61(58,59)51-45-41-17-15-37(27-43(41)48-31-49-45)54-25-23-52(24-26-54)29-34-7-5-6-10-40(34)33-11-13-35(46)14-12-33/h2-18,27-28,31,36,50H,19-26,29-30H2,1H3,(H,48,49,51). The second kappa shape index (κ2) is 18.9. The summed E-state index contributed by atoms with van der Waals surface area (Å²) in [4.78, 5) is 32.9. The molecule has 0 aliphatic carbocycles. The molecular weight excluding hydrogens is 830 g/mol. The first-order valence-electron chi connectivity index (χ1n) is 20.2. The van der Waals surface area contributed by atoms with Gasteiger partial charge in [-0.2, -0.15) is 0 Å². The van der Waals surface area contributed by atoms with Crippen LogP contribution in [0.4, 0.5) is 22.9 Å². The quantitative estimate of drug-likeness (QED) is 0.0547. The minimum atomic E-state index is -4.28. The van der Waals surface area contributed by atoms with Gasteiger partial charge >= 0.3 is 0 Å². The number of rotatable bonds is 16. The van der Waals surface area contributed by atoms with Crippen LogP contribution in [0.5, 0.6) is 0 Å². The summed E-state index contributed by atoms with van der Waals surface area (Å²) < 4.78 is 30.2. The van der Waals surface area contributed by atoms with E-state index >= 15 is 0 Å². The molecular formula is C45H46ClN9O4S2. The molecule has 0 radical (unpaired) electrons. The lowest BCUT2D eigenvalue weighted by atomic mass is 9.99. The molecule has 1 unspecified atom stereocenters. The lowest BCUT2D eigenvalue weighted by Gasteiger charge is -2.36. The van der Waals surface area contributed by atoms with E-state index in [-0.39, 0.29) is 28.1 Å². The lowest BCUT2D eigenvalue weighted by Crippen LogP contribution is -2.46. The summed E-state index contributed by atoms with van der Waals surface area (Å²) >= 11 is 7.80. The van der Waals surface area contributed by atoms with Crippen LogP contribution in [-0.4, -0.2) is 96.6 Å². The molecule has 0 saturated carbocycles. The molecule has 3 heterocycles. The third-order valence-corrected chi connectivity index (χ3v) is 13.9. The molecule has 314 valence electrons. The highest BCUT2D eigenvalue weighted by Crippen LogP contribution is 2.33. The molecule has 0 spiro atoms. The highest BCUT2D eigenvalue weighted by atomic mass is 35.5. The summed E-state index contributed by atoms with van der Waals surface area (Å²) in [5, 5.41) is 17.0. The lowest BCUT2D eigenvalue weighted by molar-refractivity contribution is -0.384. The smallest absolute Gasteiger partial charge is 0.293 e. The topological polar surface area (TPSA) is 149 Å². The second-order valence-electron chi connectivity index (χ2n) is 15.1. The molecule has 6 aromatic rings. The number of thioether (sulfide) groups is 1. The number of aliphatic imine (C=N–C) groups is 1. The maximum absolute atomic E-state index is 13.8. The van der Waals surface area contributed by atoms with Gasteiger partial charge in [0.1, 0.15) is 12.0 Å². The van der Waals surface area contributed by atoms with Gasteiger partial charge in [0.05, 0.1) is 27.7 Å². The van der Waals surface area contributed by atoms with Gasteiger partial charge in [-0.1, -0.05) is 66.2 Å². The molecule has 2 aliphatic rings. The molecule has 0 bridgehead atoms. The zero-order valence-electron chi connectivity index (χ0n) is 33.7. The van der Waals surface area contributed by atoms with Crippen LogP contribution in [-0.2, 0) is 16.6 Å². The summed E-state index contributed by atoms with van der Waals surface area (Å²) in [6.45, 7) is 8.49. The molecule has 0 amide bonds. The molecule has 1 saturated heterocycles. The monoisotopic (exact) mass is 875 g/mol. The van der Waals surface area contributed by atoms with Gasteiger partial charge in [-0.25, -0.2) is 18.4 Å². The summed E-state index contributed by atoms with van der Waals surface area (Å²) in [5.41, 5.74) is 5.06. The van der Waals surface area contributed by atoms with Crippen LogP contribution in [0.25, 0.3) is 22.0 Å². The van der Waals surface area contributed by atoms with Gasteiger partial charge in [0.15, 0.2) is 5.82 Å². The van der Waals surface area contributed by atoms with E-state index in [2.05, 4.69) is 76.1 Å². The van der Waals surface area contributed by atoms with Crippen LogP contribution < -0.4 is 14.9 Å². The Morgan fingerprint density at radius 2 is 1.66 bits per heavy atom. The zero-order chi connectivity index (χ0) is 42.3. The first-order chi connectivity index (χ1) is 29.6. The molecule has 2 aliphatic heterocycles. The Morgan fingerprint density at radius 3 is 2.41 bits per heavy atom. The number of aromatic nitrogens is 2. The fourth-order valence-electron chi connectivity index (χ4n) is 7.75. The first kappa shape index (κ1) is 42.0. The van der Waals surface area contributed by atoms with Gasteiger partial charge in [0.25, 0.3) is 15.7 Å². The number of nitro groups is 1. The molecule has 13 nitrogen and oxygen atoms in total. The van der Waals surface area contributed by atoms with Crippen LogP contribution in [0.15, 0.2) is 136 Å². The van der Waals surface area contributed by atoms with E-state index in [1.54, 1.807) is 11.8 Å². The molecule has 61 heavy (non-hydrogen) atoms. The summed E-state index contributed by atoms with van der Waals surface area (Å²) in [7, 11) is -4.28. The van der Waals surface area contributed by atoms with Crippen molar-refractivity contribution in [1.29, 1.82) is 0 Å². The SMILES string of the molecule is CC1=NCCN1CCC(CSc1ccccc1)Nc1ccc(S(=O)(=O)Nc2ncnc3cc(N4CCN(Cc5ccccc5-c5ccc(Cl)cc5)CC4)ccc23)cc1[N+](=O)[O-]. The maximum Gasteiger partial charge on any atom is 0.293 e. The number of nitrogens with one attached hydrogen (secondary N) is 2. The van der Waals surface area contributed by atoms with Crippen molar-refractivity contribution < 1.29 is 13.3 Å². The van der Waals surface area contributed by atoms with E-state index in [0.29, 0.717) is 28.1 Å². The molecule has 1 fully saturated rings. The average molecular weight is 877 g/mol. The second-order valence-corrected chi connectivity index (χ2v) is 18.3. The van der Waals surface area contributed by atoms with E-state index in [9.17, 15) is 18.5 Å². The number of nitro benzene ring substituents is 1. The maximum atomic E-state index is 13.8. The number of piperazine rings is 1. The number of benzene rings is 5. The van der Waals surface area contributed by atoms with Crippen molar-refractivity contribution in [3.63, 3.8) is 0 Å². The van der Waals surface area contributed by atoms with Crippen LogP contribution in [0.1, 0.15) is 18.9 Å². The molecule has 8 rings (SSSR count). The van der Waals surface area contributed by atoms with Crippen molar-refractivity contribution >= 4 is 73.0 Å². The van der Waals surface area contributed by atoms with Crippen molar-refractivity contribution in [3.05, 3.63) is 142 Å². The van der Waals surface area contributed by atoms with Gasteiger partial charge < -0.3 is 15.1 Å². The van der Waals surface area contributed by atoms with Crippen molar-refractivity contribution in [2.24, 2.45) is 4.99 Å². The third kappa shape index (κ3) is 10.2. The van der Waals surface area contributed by atoms with Crippen LogP contribution in [0.2, 0.25) is 5.02 Å². The van der Waals surface area contributed by atoms with Crippen molar-refractivity contribution in [1.82, 2.24) is 19.8 Å². The minimum absolute atomic E-state index is 0.0873. The van der Waals surface area contributed by atoms with Crippen LogP contribution >= 0.6 is 23.4 Å². The summed E-state index contributed by atoms with van der Waals surface area (Å²) in [6, 6.07) is 35.9. The Bertz CT molecular complexity index is 2650. The van der Waals surface area contributed by atoms with Crippen molar-refractivity contribution in [3.8, 4) is 11.1 Å². The Morgan fingerprint density at radius 1 is 0.885 bits per heavy atom. The van der Waals surface area contributed by atoms with E-state index in [1.165, 1.54) is 29.6 Å². The predicted octanol–water partition coefficient (Wildman–Crippen LogP) is 8.68. The van der Waals surface area contributed by atoms with E-state index in [1.807, 2.05) is 67.6 Å². The number of nitrogens with zero attached hydrogens (tertiary/aromatic N) is 7. The van der Waals surface area contributed by atoms with Crippen molar-refractivity contribution in [2.75, 3.05) is 66.5 Å². The third-order valence-electron chi connectivity index (χ3n) is 11.1. The molecule has 2 N–H and O–H groups in total. The predicted molar refractivity (Wildman–Crippen MR) is 247 cm³/mol. The highest BCUT2D eigenvalue weighted by molar-refractivity contribution is 7.99. The number of hydrogen-bond donors (Lipinski definition) is 2. The fraction of sp³-hybridized carbons (Fsp3) is 0.267. The van der Waals surface area contributed by atoms with Crippen LogP contribution in [0.3, 0.4) is 0 Å².